The molecule has 27 heavy (non-hydrogen) atoms. The summed E-state index contributed by atoms with van der Waals surface area (Å²) in [6.45, 7) is 0.825. The zero-order chi connectivity index (χ0) is 19.8. The molecule has 0 saturated heterocycles. The summed E-state index contributed by atoms with van der Waals surface area (Å²) in [5, 5.41) is 5.76. The second kappa shape index (κ2) is 6.89. The molecule has 0 fully saturated rings. The lowest BCUT2D eigenvalue weighted by atomic mass is 10.1. The van der Waals surface area contributed by atoms with Gasteiger partial charge in [-0.1, -0.05) is 19.1 Å². The number of sulfonamides is 1. The van der Waals surface area contributed by atoms with Crippen molar-refractivity contribution >= 4 is 21.1 Å². The van der Waals surface area contributed by atoms with Crippen molar-refractivity contribution in [1.82, 2.24) is 19.5 Å². The smallest absolute Gasteiger partial charge is 0.276 e. The topological polar surface area (TPSA) is 79.0 Å². The molecule has 0 aliphatic carbocycles. The average Bonchev–Trinajstić information content (AvgIpc) is 3.07. The first-order valence-electron chi connectivity index (χ1n) is 7.78. The van der Waals surface area contributed by atoms with Crippen LogP contribution in [0, 0.1) is 5.82 Å². The van der Waals surface area contributed by atoms with Crippen LogP contribution in [0.2, 0.25) is 0 Å². The average molecular weight is 402 g/mol. The molecule has 0 bridgehead atoms. The molecule has 11 heteroatoms. The van der Waals surface area contributed by atoms with Gasteiger partial charge in [-0.2, -0.15) is 22.6 Å². The van der Waals surface area contributed by atoms with Crippen LogP contribution in [-0.2, 0) is 10.0 Å². The van der Waals surface area contributed by atoms with Crippen molar-refractivity contribution in [2.75, 3.05) is 6.54 Å². The summed E-state index contributed by atoms with van der Waals surface area (Å²) in [5.74, 6) is -0.724. The largest absolute Gasteiger partial charge is 0.409 e. The monoisotopic (exact) mass is 402 g/mol. The van der Waals surface area contributed by atoms with E-state index in [2.05, 4.69) is 15.2 Å². The number of halogens is 4. The van der Waals surface area contributed by atoms with E-state index in [-0.39, 0.29) is 5.52 Å². The zero-order valence-corrected chi connectivity index (χ0v) is 14.7. The molecule has 3 rings (SSSR count). The molecule has 3 aromatic rings. The van der Waals surface area contributed by atoms with Crippen LogP contribution >= 0.6 is 0 Å². The quantitative estimate of drug-likeness (QED) is 0.664. The molecule has 1 aromatic carbocycles. The van der Waals surface area contributed by atoms with E-state index in [1.54, 1.807) is 0 Å². The highest BCUT2D eigenvalue weighted by atomic mass is 32.2. The van der Waals surface area contributed by atoms with Crippen molar-refractivity contribution in [1.29, 1.82) is 0 Å². The Balaban J connectivity index is 2.11. The first-order chi connectivity index (χ1) is 12.6. The number of rotatable bonds is 5. The fourth-order valence-corrected chi connectivity index (χ4v) is 4.28. The van der Waals surface area contributed by atoms with Crippen molar-refractivity contribution in [2.24, 2.45) is 0 Å². The Labute approximate surface area is 151 Å². The number of hydrogen-bond acceptors (Lipinski definition) is 4. The van der Waals surface area contributed by atoms with Gasteiger partial charge < -0.3 is 0 Å². The molecule has 1 unspecified atom stereocenters. The van der Waals surface area contributed by atoms with Crippen molar-refractivity contribution < 1.29 is 26.0 Å². The van der Waals surface area contributed by atoms with Gasteiger partial charge in [0.2, 0.25) is 0 Å². The van der Waals surface area contributed by atoms with Gasteiger partial charge in [-0.3, -0.25) is 5.10 Å². The van der Waals surface area contributed by atoms with Crippen LogP contribution in [0.15, 0.2) is 47.6 Å². The van der Waals surface area contributed by atoms with Crippen LogP contribution < -0.4 is 0 Å². The maximum absolute atomic E-state index is 13.8. The minimum atomic E-state index is -4.92. The van der Waals surface area contributed by atoms with Gasteiger partial charge in [0, 0.05) is 6.54 Å². The van der Waals surface area contributed by atoms with Gasteiger partial charge in [0.15, 0.2) is 5.03 Å². The SMILES string of the molecule is CCN(C(c1ccc(F)cc1)C(F)(F)F)S(=O)(=O)c1ccc2[nH]ncc2n1. The molecular formula is C16H14F4N4O2S. The lowest BCUT2D eigenvalue weighted by molar-refractivity contribution is -0.173. The Morgan fingerprint density at radius 2 is 1.81 bits per heavy atom. The zero-order valence-electron chi connectivity index (χ0n) is 13.9. The van der Waals surface area contributed by atoms with Crippen LogP contribution in [0.3, 0.4) is 0 Å². The van der Waals surface area contributed by atoms with E-state index in [0.29, 0.717) is 9.82 Å². The fraction of sp³-hybridized carbons (Fsp3) is 0.250. The number of alkyl halides is 3. The summed E-state index contributed by atoms with van der Waals surface area (Å²) in [5.41, 5.74) is 0.263. The molecule has 0 radical (unpaired) electrons. The maximum Gasteiger partial charge on any atom is 0.409 e. The number of aromatic nitrogens is 3. The minimum Gasteiger partial charge on any atom is -0.276 e. The van der Waals surface area contributed by atoms with Crippen molar-refractivity contribution in [2.45, 2.75) is 24.2 Å². The number of pyridine rings is 1. The molecule has 1 N–H and O–H groups in total. The number of fused-ring (bicyclic) bond motifs is 1. The number of nitrogens with one attached hydrogen (secondary N) is 1. The third-order valence-electron chi connectivity index (χ3n) is 3.94. The number of benzene rings is 1. The van der Waals surface area contributed by atoms with Crippen molar-refractivity contribution in [3.8, 4) is 0 Å². The molecule has 6 nitrogen and oxygen atoms in total. The summed E-state index contributed by atoms with van der Waals surface area (Å²) < 4.78 is 80.5. The van der Waals surface area contributed by atoms with Crippen LogP contribution in [0.25, 0.3) is 11.0 Å². The Morgan fingerprint density at radius 1 is 1.15 bits per heavy atom. The number of aromatic amines is 1. The molecule has 2 heterocycles. The van der Waals surface area contributed by atoms with Crippen molar-refractivity contribution in [3.05, 3.63) is 54.0 Å². The molecule has 0 aliphatic rings. The van der Waals surface area contributed by atoms with E-state index in [0.717, 1.165) is 30.3 Å². The first-order valence-corrected chi connectivity index (χ1v) is 9.22. The summed E-state index contributed by atoms with van der Waals surface area (Å²) in [6, 6.07) is 3.54. The molecule has 0 aliphatic heterocycles. The molecule has 144 valence electrons. The normalized spacial score (nSPS) is 14.0. The molecule has 0 saturated carbocycles. The van der Waals surface area contributed by atoms with Gasteiger partial charge in [-0.25, -0.2) is 17.8 Å². The van der Waals surface area contributed by atoms with Crippen molar-refractivity contribution in [3.63, 3.8) is 0 Å². The molecular weight excluding hydrogens is 388 g/mol. The van der Waals surface area contributed by atoms with Crippen LogP contribution in [-0.4, -0.2) is 40.6 Å². The Morgan fingerprint density at radius 3 is 2.41 bits per heavy atom. The van der Waals surface area contributed by atoms with Gasteiger partial charge >= 0.3 is 6.18 Å². The van der Waals surface area contributed by atoms with Gasteiger partial charge in [0.05, 0.1) is 11.7 Å². The van der Waals surface area contributed by atoms with E-state index in [1.807, 2.05) is 0 Å². The Bertz CT molecular complexity index is 1050. The van der Waals surface area contributed by atoms with Crippen LogP contribution in [0.4, 0.5) is 17.6 Å². The number of hydrogen-bond donors (Lipinski definition) is 1. The second-order valence-electron chi connectivity index (χ2n) is 5.66. The van der Waals surface area contributed by atoms with Gasteiger partial charge in [-0.05, 0) is 29.8 Å². The molecule has 2 aromatic heterocycles. The highest BCUT2D eigenvalue weighted by Gasteiger charge is 2.49. The van der Waals surface area contributed by atoms with Gasteiger partial charge in [0.1, 0.15) is 17.4 Å². The Kier molecular flexibility index (Phi) is 4.91. The highest BCUT2D eigenvalue weighted by Crippen LogP contribution is 2.40. The third kappa shape index (κ3) is 3.65. The first kappa shape index (κ1) is 19.2. The summed E-state index contributed by atoms with van der Waals surface area (Å²) in [7, 11) is -4.59. The van der Waals surface area contributed by atoms with E-state index >= 15 is 0 Å². The van der Waals surface area contributed by atoms with E-state index in [9.17, 15) is 26.0 Å². The second-order valence-corrected chi connectivity index (χ2v) is 7.49. The molecule has 0 spiro atoms. The predicted octanol–water partition coefficient (Wildman–Crippen LogP) is 3.41. The van der Waals surface area contributed by atoms with Gasteiger partial charge in [-0.15, -0.1) is 0 Å². The molecule has 0 amide bonds. The summed E-state index contributed by atoms with van der Waals surface area (Å²) >= 11 is 0. The number of H-pyrrole nitrogens is 1. The maximum atomic E-state index is 13.8. The summed E-state index contributed by atoms with van der Waals surface area (Å²) in [4.78, 5) is 3.90. The highest BCUT2D eigenvalue weighted by molar-refractivity contribution is 7.89. The predicted molar refractivity (Wildman–Crippen MR) is 88.7 cm³/mol. The van der Waals surface area contributed by atoms with E-state index in [4.69, 9.17) is 0 Å². The van der Waals surface area contributed by atoms with Crippen LogP contribution in [0.5, 0.6) is 0 Å². The van der Waals surface area contributed by atoms with E-state index < -0.39 is 45.2 Å². The van der Waals surface area contributed by atoms with Crippen LogP contribution in [0.1, 0.15) is 18.5 Å². The van der Waals surface area contributed by atoms with Gasteiger partial charge in [0.25, 0.3) is 10.0 Å². The van der Waals surface area contributed by atoms with E-state index in [1.165, 1.54) is 19.2 Å². The number of nitrogens with zero attached hydrogens (tertiary/aromatic N) is 3. The lowest BCUT2D eigenvalue weighted by Crippen LogP contribution is -2.42. The third-order valence-corrected chi connectivity index (χ3v) is 5.78. The standard InChI is InChI=1S/C16H14F4N4O2S/c1-2-24(15(16(18,19)20)10-3-5-11(17)6-4-10)27(25,26)14-8-7-12-13(22-14)9-21-23-12/h3-9,15H,2H2,1H3,(H,21,23). The lowest BCUT2D eigenvalue weighted by Gasteiger charge is -2.31. The Hall–Kier alpha value is -2.53. The summed E-state index contributed by atoms with van der Waals surface area (Å²) in [6.07, 6.45) is -3.65. The minimum absolute atomic E-state index is 0.206. The molecule has 1 atom stereocenters. The fourth-order valence-electron chi connectivity index (χ4n) is 2.73.